The van der Waals surface area contributed by atoms with E-state index in [1.54, 1.807) is 0 Å². The summed E-state index contributed by atoms with van der Waals surface area (Å²) >= 11 is 0. The number of aromatic amines is 1. The van der Waals surface area contributed by atoms with Gasteiger partial charge in [-0.1, -0.05) is 72.8 Å². The Morgan fingerprint density at radius 2 is 1.61 bits per heavy atom. The van der Waals surface area contributed by atoms with Crippen molar-refractivity contribution in [2.24, 2.45) is 0 Å². The first kappa shape index (κ1) is 17.0. The average Bonchev–Trinajstić information content (AvgIpc) is 3.19. The molecular formula is C26H24N2. The fourth-order valence-corrected chi connectivity index (χ4v) is 4.14. The van der Waals surface area contributed by atoms with E-state index < -0.39 is 0 Å². The van der Waals surface area contributed by atoms with Crippen molar-refractivity contribution in [3.8, 4) is 11.1 Å². The number of rotatable bonds is 4. The van der Waals surface area contributed by atoms with Gasteiger partial charge in [0.2, 0.25) is 0 Å². The van der Waals surface area contributed by atoms with Gasteiger partial charge in [0.05, 0.1) is 0 Å². The van der Waals surface area contributed by atoms with Gasteiger partial charge < -0.3 is 4.98 Å². The highest BCUT2D eigenvalue weighted by Gasteiger charge is 2.16. The van der Waals surface area contributed by atoms with Gasteiger partial charge in [-0.15, -0.1) is 0 Å². The summed E-state index contributed by atoms with van der Waals surface area (Å²) in [5.74, 6) is 0. The molecular weight excluding hydrogens is 340 g/mol. The topological polar surface area (TPSA) is 19.0 Å². The number of H-pyrrole nitrogens is 1. The van der Waals surface area contributed by atoms with Crippen LogP contribution in [-0.4, -0.2) is 23.0 Å². The summed E-state index contributed by atoms with van der Waals surface area (Å²) in [6.45, 7) is 3.14. The lowest BCUT2D eigenvalue weighted by molar-refractivity contribution is 0.294. The van der Waals surface area contributed by atoms with Crippen molar-refractivity contribution in [2.45, 2.75) is 13.0 Å². The molecule has 138 valence electrons. The van der Waals surface area contributed by atoms with E-state index >= 15 is 0 Å². The van der Waals surface area contributed by atoms with E-state index in [4.69, 9.17) is 0 Å². The highest BCUT2D eigenvalue weighted by molar-refractivity contribution is 5.95. The molecule has 1 aliphatic rings. The number of hydrogen-bond donors (Lipinski definition) is 1. The second-order valence-corrected chi connectivity index (χ2v) is 7.53. The maximum atomic E-state index is 3.46. The Labute approximate surface area is 166 Å². The van der Waals surface area contributed by atoms with Crippen molar-refractivity contribution in [1.29, 1.82) is 0 Å². The van der Waals surface area contributed by atoms with Crippen molar-refractivity contribution < 1.29 is 0 Å². The molecule has 1 aliphatic heterocycles. The molecule has 2 nitrogen and oxygen atoms in total. The molecule has 0 saturated heterocycles. The Kier molecular flexibility index (Phi) is 4.56. The minimum Gasteiger partial charge on any atom is -0.361 e. The van der Waals surface area contributed by atoms with Crippen LogP contribution in [0.1, 0.15) is 17.5 Å². The van der Waals surface area contributed by atoms with E-state index in [2.05, 4.69) is 101 Å². The quantitative estimate of drug-likeness (QED) is 0.462. The summed E-state index contributed by atoms with van der Waals surface area (Å²) in [7, 11) is 0. The molecule has 0 spiro atoms. The molecule has 1 aromatic heterocycles. The number of nitrogens with one attached hydrogen (secondary N) is 1. The van der Waals surface area contributed by atoms with E-state index in [0.717, 1.165) is 26.1 Å². The molecule has 0 saturated carbocycles. The average molecular weight is 364 g/mol. The Morgan fingerprint density at radius 1 is 0.821 bits per heavy atom. The van der Waals surface area contributed by atoms with Gasteiger partial charge in [-0.25, -0.2) is 0 Å². The van der Waals surface area contributed by atoms with Crippen LogP contribution in [0.3, 0.4) is 0 Å². The van der Waals surface area contributed by atoms with Gasteiger partial charge in [0.15, 0.2) is 0 Å². The monoisotopic (exact) mass is 364 g/mol. The van der Waals surface area contributed by atoms with Gasteiger partial charge in [-0.2, -0.15) is 0 Å². The molecule has 2 heteroatoms. The number of hydrogen-bond acceptors (Lipinski definition) is 1. The van der Waals surface area contributed by atoms with Crippen LogP contribution in [-0.2, 0) is 6.54 Å². The van der Waals surface area contributed by atoms with Gasteiger partial charge in [0, 0.05) is 42.3 Å². The maximum absolute atomic E-state index is 3.46. The van der Waals surface area contributed by atoms with Crippen LogP contribution in [0.4, 0.5) is 0 Å². The standard InChI is InChI=1S/C26H24N2/c1-3-7-20(8-4-1)19-28-15-13-22(14-16-28)25-18-27-26-12-11-23(17-24(25)26)21-9-5-2-6-10-21/h1-13,17-18,27H,14-16,19H2. The molecule has 0 radical (unpaired) electrons. The van der Waals surface area contributed by atoms with Crippen LogP contribution in [0.25, 0.3) is 27.6 Å². The van der Waals surface area contributed by atoms with Crippen molar-refractivity contribution in [1.82, 2.24) is 9.88 Å². The Morgan fingerprint density at radius 3 is 2.36 bits per heavy atom. The largest absolute Gasteiger partial charge is 0.361 e. The van der Waals surface area contributed by atoms with E-state index in [9.17, 15) is 0 Å². The van der Waals surface area contributed by atoms with Crippen LogP contribution in [0.5, 0.6) is 0 Å². The lowest BCUT2D eigenvalue weighted by Gasteiger charge is -2.26. The Balaban J connectivity index is 1.40. The number of aromatic nitrogens is 1. The Bertz CT molecular complexity index is 1110. The van der Waals surface area contributed by atoms with Crippen LogP contribution < -0.4 is 0 Å². The summed E-state index contributed by atoms with van der Waals surface area (Å²) < 4.78 is 0. The highest BCUT2D eigenvalue weighted by atomic mass is 15.1. The molecule has 5 rings (SSSR count). The maximum Gasteiger partial charge on any atom is 0.0460 e. The van der Waals surface area contributed by atoms with Crippen molar-refractivity contribution >= 4 is 16.5 Å². The van der Waals surface area contributed by atoms with Crippen LogP contribution in [0.15, 0.2) is 91.1 Å². The zero-order chi connectivity index (χ0) is 18.8. The van der Waals surface area contributed by atoms with E-state index in [-0.39, 0.29) is 0 Å². The molecule has 0 bridgehead atoms. The predicted octanol–water partition coefficient (Wildman–Crippen LogP) is 6.12. The summed E-state index contributed by atoms with van der Waals surface area (Å²) in [6, 6.07) is 28.1. The molecule has 0 aliphatic carbocycles. The summed E-state index contributed by atoms with van der Waals surface area (Å²) in [6.07, 6.45) is 5.68. The van der Waals surface area contributed by atoms with Gasteiger partial charge in [0.1, 0.15) is 0 Å². The van der Waals surface area contributed by atoms with Crippen molar-refractivity contribution in [2.75, 3.05) is 13.1 Å². The van der Waals surface area contributed by atoms with E-state index in [1.165, 1.54) is 38.7 Å². The highest BCUT2D eigenvalue weighted by Crippen LogP contribution is 2.32. The van der Waals surface area contributed by atoms with E-state index in [1.807, 2.05) is 0 Å². The first-order chi connectivity index (χ1) is 13.9. The SMILES string of the molecule is C1=C(c2c[nH]c3ccc(-c4ccccc4)cc23)CCN(Cc2ccccc2)C1. The third-order valence-electron chi connectivity index (χ3n) is 5.68. The fraction of sp³-hybridized carbons (Fsp3) is 0.154. The lowest BCUT2D eigenvalue weighted by atomic mass is 9.96. The van der Waals surface area contributed by atoms with E-state index in [0.29, 0.717) is 0 Å². The third-order valence-corrected chi connectivity index (χ3v) is 5.68. The number of fused-ring (bicyclic) bond motifs is 1. The van der Waals surface area contributed by atoms with Crippen LogP contribution in [0.2, 0.25) is 0 Å². The molecule has 0 fully saturated rings. The van der Waals surface area contributed by atoms with Gasteiger partial charge >= 0.3 is 0 Å². The fourth-order valence-electron chi connectivity index (χ4n) is 4.14. The summed E-state index contributed by atoms with van der Waals surface area (Å²) in [5, 5.41) is 1.32. The predicted molar refractivity (Wildman–Crippen MR) is 118 cm³/mol. The first-order valence-corrected chi connectivity index (χ1v) is 9.99. The zero-order valence-corrected chi connectivity index (χ0v) is 15.9. The molecule has 2 heterocycles. The van der Waals surface area contributed by atoms with Gasteiger partial charge in [0.25, 0.3) is 0 Å². The smallest absolute Gasteiger partial charge is 0.0460 e. The van der Waals surface area contributed by atoms with Crippen molar-refractivity contribution in [3.63, 3.8) is 0 Å². The molecule has 1 N–H and O–H groups in total. The number of benzene rings is 3. The minimum absolute atomic E-state index is 1.01. The number of nitrogens with zero attached hydrogens (tertiary/aromatic N) is 1. The van der Waals surface area contributed by atoms with Crippen LogP contribution >= 0.6 is 0 Å². The minimum atomic E-state index is 1.01. The summed E-state index contributed by atoms with van der Waals surface area (Å²) in [5.41, 5.74) is 7.95. The third kappa shape index (κ3) is 3.39. The first-order valence-electron chi connectivity index (χ1n) is 9.99. The molecule has 0 unspecified atom stereocenters. The normalized spacial score (nSPS) is 14.9. The molecule has 0 amide bonds. The van der Waals surface area contributed by atoms with Crippen LogP contribution in [0, 0.1) is 0 Å². The molecule has 4 aromatic rings. The van der Waals surface area contributed by atoms with Gasteiger partial charge in [-0.3, -0.25) is 4.90 Å². The lowest BCUT2D eigenvalue weighted by Crippen LogP contribution is -2.27. The van der Waals surface area contributed by atoms with Gasteiger partial charge in [-0.05, 0) is 40.8 Å². The molecule has 28 heavy (non-hydrogen) atoms. The zero-order valence-electron chi connectivity index (χ0n) is 15.9. The van der Waals surface area contributed by atoms with Crippen molar-refractivity contribution in [3.05, 3.63) is 102 Å². The second kappa shape index (κ2) is 7.49. The molecule has 0 atom stereocenters. The second-order valence-electron chi connectivity index (χ2n) is 7.53. The Hall–Kier alpha value is -3.10. The molecule has 3 aromatic carbocycles. The summed E-state index contributed by atoms with van der Waals surface area (Å²) in [4.78, 5) is 5.98.